The fourth-order valence-electron chi connectivity index (χ4n) is 4.66. The number of imidazole rings is 1. The Labute approximate surface area is 212 Å². The van der Waals surface area contributed by atoms with E-state index in [0.29, 0.717) is 56.1 Å². The molecule has 2 aliphatic rings. The van der Waals surface area contributed by atoms with Gasteiger partial charge in [-0.1, -0.05) is 13.3 Å². The highest BCUT2D eigenvalue weighted by molar-refractivity contribution is 5.84. The Kier molecular flexibility index (Phi) is 7.22. The summed E-state index contributed by atoms with van der Waals surface area (Å²) in [4.78, 5) is 34.4. The van der Waals surface area contributed by atoms with Gasteiger partial charge in [0.1, 0.15) is 18.2 Å². The average molecular weight is 516 g/mol. The molecule has 2 aliphatic heterocycles. The van der Waals surface area contributed by atoms with Crippen LogP contribution >= 0.6 is 0 Å². The first-order chi connectivity index (χ1) is 17.9. The molecule has 3 aromatic rings. The molecule has 37 heavy (non-hydrogen) atoms. The number of carbonyl (C=O) groups is 1. The zero-order valence-electron chi connectivity index (χ0n) is 20.7. The summed E-state index contributed by atoms with van der Waals surface area (Å²) in [5, 5.41) is 16.1. The number of ether oxygens (including phenoxy) is 2. The minimum absolute atomic E-state index is 0.0764. The fraction of sp³-hybridized carbons (Fsp3) is 0.542. The van der Waals surface area contributed by atoms with Crippen LogP contribution in [0, 0.1) is 15.9 Å². The predicted octanol–water partition coefficient (Wildman–Crippen LogP) is 4.23. The number of nitro groups is 1. The largest absolute Gasteiger partial charge is 0.449 e. The fourth-order valence-corrected chi connectivity index (χ4v) is 4.66. The summed E-state index contributed by atoms with van der Waals surface area (Å²) in [5.41, 5.74) is 1.11. The number of rotatable bonds is 7. The Morgan fingerprint density at radius 2 is 2.11 bits per heavy atom. The van der Waals surface area contributed by atoms with Gasteiger partial charge in [0.25, 0.3) is 0 Å². The van der Waals surface area contributed by atoms with Gasteiger partial charge in [0.05, 0.1) is 28.3 Å². The lowest BCUT2D eigenvalue weighted by molar-refractivity contribution is -0.384. The molecule has 1 amide bonds. The summed E-state index contributed by atoms with van der Waals surface area (Å²) in [6, 6.07) is 2.95. The van der Waals surface area contributed by atoms with Crippen molar-refractivity contribution in [2.45, 2.75) is 45.3 Å². The molecular formula is C24H30FN7O5. The molecule has 5 rings (SSSR count). The number of fused-ring (bicyclic) bond motifs is 1. The molecule has 198 valence electrons. The van der Waals surface area contributed by atoms with Crippen LogP contribution in [0.1, 0.15) is 45.3 Å². The van der Waals surface area contributed by atoms with Crippen molar-refractivity contribution >= 4 is 28.5 Å². The van der Waals surface area contributed by atoms with E-state index in [4.69, 9.17) is 9.47 Å². The van der Waals surface area contributed by atoms with Crippen LogP contribution in [0.5, 0.6) is 0 Å². The smallest absolute Gasteiger partial charge is 0.409 e. The van der Waals surface area contributed by atoms with Crippen LogP contribution in [0.4, 0.5) is 20.6 Å². The minimum Gasteiger partial charge on any atom is -0.449 e. The summed E-state index contributed by atoms with van der Waals surface area (Å²) in [6.07, 6.45) is 5.03. The predicted molar refractivity (Wildman–Crippen MR) is 133 cm³/mol. The Balaban J connectivity index is 1.35. The quantitative estimate of drug-likeness (QED) is 0.281. The molecule has 0 radical (unpaired) electrons. The maximum absolute atomic E-state index is 15.1. The van der Waals surface area contributed by atoms with Crippen LogP contribution in [0.2, 0.25) is 0 Å². The molecule has 0 bridgehead atoms. The lowest BCUT2D eigenvalue weighted by atomic mass is 10.2. The van der Waals surface area contributed by atoms with Gasteiger partial charge >= 0.3 is 11.8 Å². The van der Waals surface area contributed by atoms with E-state index in [2.05, 4.69) is 15.1 Å². The lowest BCUT2D eigenvalue weighted by Gasteiger charge is -2.35. The number of hydrogen-bond acceptors (Lipinski definition) is 8. The number of unbranched alkanes of at least 4 members (excludes halogenated alkanes) is 1. The van der Waals surface area contributed by atoms with E-state index < -0.39 is 10.7 Å². The summed E-state index contributed by atoms with van der Waals surface area (Å²) >= 11 is 0. The van der Waals surface area contributed by atoms with Gasteiger partial charge in [0.2, 0.25) is 5.69 Å². The van der Waals surface area contributed by atoms with Gasteiger partial charge in [-0.2, -0.15) is 5.10 Å². The van der Waals surface area contributed by atoms with Gasteiger partial charge in [0.15, 0.2) is 5.82 Å². The van der Waals surface area contributed by atoms with E-state index in [-0.39, 0.29) is 29.5 Å². The van der Waals surface area contributed by atoms with Crippen LogP contribution < -0.4 is 4.90 Å². The number of nitrogens with one attached hydrogen (secondary N) is 1. The van der Waals surface area contributed by atoms with Crippen molar-refractivity contribution in [3.8, 4) is 11.5 Å². The molecule has 1 atom stereocenters. The topological polar surface area (TPSA) is 132 Å². The van der Waals surface area contributed by atoms with Crippen molar-refractivity contribution in [2.75, 3.05) is 44.3 Å². The number of aromatic nitrogens is 4. The van der Waals surface area contributed by atoms with Crippen LogP contribution in [0.25, 0.3) is 22.6 Å². The number of piperazine rings is 1. The third-order valence-electron chi connectivity index (χ3n) is 6.74. The molecule has 1 N–H and O–H groups in total. The highest BCUT2D eigenvalue weighted by atomic mass is 19.1. The van der Waals surface area contributed by atoms with Gasteiger partial charge in [-0.05, 0) is 31.7 Å². The second-order valence-corrected chi connectivity index (χ2v) is 9.27. The number of aromatic amines is 1. The van der Waals surface area contributed by atoms with Gasteiger partial charge in [0, 0.05) is 38.9 Å². The first-order valence-corrected chi connectivity index (χ1v) is 12.7. The Morgan fingerprint density at radius 3 is 2.81 bits per heavy atom. The van der Waals surface area contributed by atoms with E-state index >= 15 is 4.39 Å². The summed E-state index contributed by atoms with van der Waals surface area (Å²) in [6.45, 7) is 4.73. The Bertz CT molecular complexity index is 1280. The molecule has 2 saturated heterocycles. The molecule has 0 saturated carbocycles. The second-order valence-electron chi connectivity index (χ2n) is 9.27. The molecule has 2 aromatic heterocycles. The number of benzene rings is 1. The standard InChI is InChI=1S/C24H30FN7O5/c1-2-3-11-37-24(33)30-9-7-29(8-10-30)19-14-18-17(13-16(19)25)26-23(27-18)22-20(32(34)35)15-31(28-22)21-6-4-5-12-36-21/h13-15,21H,2-12H2,1H3,(H,26,27). The first-order valence-electron chi connectivity index (χ1n) is 12.7. The molecule has 12 nitrogen and oxygen atoms in total. The number of hydrogen-bond donors (Lipinski definition) is 1. The number of nitrogens with zero attached hydrogens (tertiary/aromatic N) is 6. The van der Waals surface area contributed by atoms with Gasteiger partial charge < -0.3 is 24.3 Å². The maximum atomic E-state index is 15.1. The van der Waals surface area contributed by atoms with E-state index in [9.17, 15) is 14.9 Å². The molecule has 13 heteroatoms. The van der Waals surface area contributed by atoms with E-state index in [1.807, 2.05) is 11.8 Å². The molecule has 1 aromatic carbocycles. The maximum Gasteiger partial charge on any atom is 0.409 e. The highest BCUT2D eigenvalue weighted by Crippen LogP contribution is 2.33. The zero-order valence-corrected chi connectivity index (χ0v) is 20.7. The molecule has 0 spiro atoms. The number of amides is 1. The van der Waals surface area contributed by atoms with Crippen LogP contribution in [-0.4, -0.2) is 75.1 Å². The third-order valence-corrected chi connectivity index (χ3v) is 6.74. The van der Waals surface area contributed by atoms with E-state index in [1.54, 1.807) is 11.0 Å². The van der Waals surface area contributed by atoms with Crippen LogP contribution in [0.15, 0.2) is 18.3 Å². The van der Waals surface area contributed by atoms with Gasteiger partial charge in [-0.25, -0.2) is 18.9 Å². The number of H-pyrrole nitrogens is 1. The van der Waals surface area contributed by atoms with Gasteiger partial charge in [-0.3, -0.25) is 10.1 Å². The molecule has 4 heterocycles. The second kappa shape index (κ2) is 10.7. The Hall–Kier alpha value is -3.74. The van der Waals surface area contributed by atoms with Crippen molar-refractivity contribution in [3.63, 3.8) is 0 Å². The van der Waals surface area contributed by atoms with Crippen LogP contribution in [0.3, 0.4) is 0 Å². The Morgan fingerprint density at radius 1 is 1.30 bits per heavy atom. The first kappa shape index (κ1) is 24.9. The number of halogens is 1. The summed E-state index contributed by atoms with van der Waals surface area (Å²) in [5.74, 6) is -0.259. The van der Waals surface area contributed by atoms with Crippen molar-refractivity contribution in [2.24, 2.45) is 0 Å². The zero-order chi connectivity index (χ0) is 25.9. The average Bonchev–Trinajstić information content (AvgIpc) is 3.53. The van der Waals surface area contributed by atoms with Gasteiger partial charge in [-0.15, -0.1) is 0 Å². The van der Waals surface area contributed by atoms with Crippen molar-refractivity contribution in [3.05, 3.63) is 34.3 Å². The monoisotopic (exact) mass is 515 g/mol. The van der Waals surface area contributed by atoms with Crippen molar-refractivity contribution in [1.82, 2.24) is 24.6 Å². The van der Waals surface area contributed by atoms with Crippen molar-refractivity contribution in [1.29, 1.82) is 0 Å². The van der Waals surface area contributed by atoms with E-state index in [1.165, 1.54) is 16.9 Å². The number of carbonyl (C=O) groups excluding carboxylic acids is 1. The number of anilines is 1. The third kappa shape index (κ3) is 5.22. The SMILES string of the molecule is CCCCOC(=O)N1CCN(c2cc3nc(-c4nn(C5CCCCO5)cc4[N+](=O)[O-])[nH]c3cc2F)CC1. The molecule has 1 unspecified atom stereocenters. The minimum atomic E-state index is -0.506. The normalized spacial score (nSPS) is 18.4. The summed E-state index contributed by atoms with van der Waals surface area (Å²) < 4.78 is 27.5. The molecular weight excluding hydrogens is 485 g/mol. The summed E-state index contributed by atoms with van der Waals surface area (Å²) in [7, 11) is 0. The highest BCUT2D eigenvalue weighted by Gasteiger charge is 2.29. The molecule has 2 fully saturated rings. The van der Waals surface area contributed by atoms with Crippen LogP contribution in [-0.2, 0) is 9.47 Å². The molecule has 0 aliphatic carbocycles. The van der Waals surface area contributed by atoms with E-state index in [0.717, 1.165) is 32.1 Å². The van der Waals surface area contributed by atoms with Crippen molar-refractivity contribution < 1.29 is 23.6 Å². The lowest BCUT2D eigenvalue weighted by Crippen LogP contribution is -2.49.